The molecule has 40 heavy (non-hydrogen) atoms. The number of alkyl carbamates (subject to hydrolysis) is 1. The highest BCUT2D eigenvalue weighted by Crippen LogP contribution is 2.48. The number of carboxylic acids is 1. The Morgan fingerprint density at radius 1 is 0.800 bits per heavy atom. The van der Waals surface area contributed by atoms with Crippen LogP contribution in [-0.4, -0.2) is 46.0 Å². The number of aliphatic carboxylic acids is 1. The van der Waals surface area contributed by atoms with Gasteiger partial charge in [-0.25, -0.2) is 9.59 Å². The van der Waals surface area contributed by atoms with Crippen molar-refractivity contribution in [3.63, 3.8) is 0 Å². The Bertz CT molecular complexity index is 1290. The van der Waals surface area contributed by atoms with Gasteiger partial charge in [0.2, 0.25) is 13.3 Å². The first-order valence-electron chi connectivity index (χ1n) is 13.1. The lowest BCUT2D eigenvalue weighted by Crippen LogP contribution is -2.46. The van der Waals surface area contributed by atoms with Crippen LogP contribution in [0, 0.1) is 5.92 Å². The van der Waals surface area contributed by atoms with Crippen molar-refractivity contribution < 1.29 is 33.7 Å². The lowest BCUT2D eigenvalue weighted by Gasteiger charge is -2.27. The molecular weight excluding hydrogens is 531 g/mol. The molecule has 0 aromatic heterocycles. The summed E-state index contributed by atoms with van der Waals surface area (Å²) in [6.07, 6.45) is -1.00. The highest BCUT2D eigenvalue weighted by Gasteiger charge is 2.37. The Morgan fingerprint density at radius 3 is 1.80 bits per heavy atom. The van der Waals surface area contributed by atoms with E-state index in [0.717, 1.165) is 16.7 Å². The fraction of sp³-hybridized carbons (Fsp3) is 0.300. The monoisotopic (exact) mass is 566 g/mol. The number of nitrogens with one attached hydrogen (secondary N) is 2. The Labute approximate surface area is 234 Å². The summed E-state index contributed by atoms with van der Waals surface area (Å²) in [7, 11) is -4.15. The first kappa shape index (κ1) is 30.6. The highest BCUT2D eigenvalue weighted by molar-refractivity contribution is 7.58. The largest absolute Gasteiger partial charge is 0.480 e. The number of amides is 2. The van der Waals surface area contributed by atoms with Crippen LogP contribution in [0.25, 0.3) is 0 Å². The van der Waals surface area contributed by atoms with E-state index in [0.29, 0.717) is 0 Å². The molecule has 0 saturated carbocycles. The molecule has 0 saturated heterocycles. The van der Waals surface area contributed by atoms with Crippen LogP contribution in [0.3, 0.4) is 0 Å². The topological polar surface area (TPSA) is 142 Å². The molecule has 0 aliphatic heterocycles. The van der Waals surface area contributed by atoms with E-state index in [9.17, 15) is 28.9 Å². The summed E-state index contributed by atoms with van der Waals surface area (Å²) < 4.78 is 18.8. The molecule has 0 fully saturated rings. The zero-order valence-electron chi connectivity index (χ0n) is 22.3. The summed E-state index contributed by atoms with van der Waals surface area (Å²) in [6.45, 7) is 1.65. The van der Waals surface area contributed by atoms with Crippen LogP contribution in [0.2, 0.25) is 0 Å². The van der Waals surface area contributed by atoms with E-state index in [-0.39, 0.29) is 25.9 Å². The lowest BCUT2D eigenvalue weighted by atomic mass is 9.99. The molecule has 212 valence electrons. The minimum atomic E-state index is -4.15. The van der Waals surface area contributed by atoms with Crippen LogP contribution in [0.4, 0.5) is 4.79 Å². The van der Waals surface area contributed by atoms with E-state index >= 15 is 0 Å². The summed E-state index contributed by atoms with van der Waals surface area (Å²) in [5.41, 5.74) is 2.24. The summed E-state index contributed by atoms with van der Waals surface area (Å²) >= 11 is 0. The first-order chi connectivity index (χ1) is 19.2. The molecule has 0 bridgehead atoms. The number of benzene rings is 3. The van der Waals surface area contributed by atoms with Gasteiger partial charge in [0.1, 0.15) is 18.4 Å². The zero-order chi connectivity index (χ0) is 29.0. The Morgan fingerprint density at radius 2 is 1.30 bits per heavy atom. The smallest absolute Gasteiger partial charge is 0.408 e. The summed E-state index contributed by atoms with van der Waals surface area (Å²) in [5.74, 6) is -4.03. The van der Waals surface area contributed by atoms with Crippen LogP contribution in [0.15, 0.2) is 91.0 Å². The molecule has 4 atom stereocenters. The minimum Gasteiger partial charge on any atom is -0.480 e. The Hall–Kier alpha value is -3.94. The van der Waals surface area contributed by atoms with Crippen LogP contribution >= 0.6 is 7.37 Å². The van der Waals surface area contributed by atoms with Gasteiger partial charge in [0.25, 0.3) is 0 Å². The van der Waals surface area contributed by atoms with Gasteiger partial charge in [-0.05, 0) is 29.5 Å². The first-order valence-corrected chi connectivity index (χ1v) is 15.0. The maximum absolute atomic E-state index is 13.6. The number of ether oxygens (including phenoxy) is 1. The van der Waals surface area contributed by atoms with E-state index in [4.69, 9.17) is 4.74 Å². The van der Waals surface area contributed by atoms with Crippen molar-refractivity contribution in [2.24, 2.45) is 5.92 Å². The second-order valence-corrected chi connectivity index (χ2v) is 12.0. The molecule has 3 aromatic rings. The second kappa shape index (κ2) is 15.0. The molecule has 10 heteroatoms. The van der Waals surface area contributed by atoms with Crippen molar-refractivity contribution in [2.45, 2.75) is 44.6 Å². The summed E-state index contributed by atoms with van der Waals surface area (Å²) in [4.78, 5) is 48.9. The average Bonchev–Trinajstić information content (AvgIpc) is 2.95. The second-order valence-electron chi connectivity index (χ2n) is 9.54. The summed E-state index contributed by atoms with van der Waals surface area (Å²) in [5, 5.41) is 14.8. The van der Waals surface area contributed by atoms with E-state index in [2.05, 4.69) is 10.6 Å². The van der Waals surface area contributed by atoms with Gasteiger partial charge in [-0.15, -0.1) is 0 Å². The molecule has 0 aliphatic rings. The molecule has 4 N–H and O–H groups in total. The number of rotatable bonds is 14. The van der Waals surface area contributed by atoms with E-state index in [1.807, 2.05) is 18.2 Å². The lowest BCUT2D eigenvalue weighted by molar-refractivity contribution is -0.142. The predicted octanol–water partition coefficient (Wildman–Crippen LogP) is 4.59. The standard InChI is InChI=1S/C30H35N2O7P/c1-2-27(32-30(36)39-20-24-16-10-5-11-17-24)40(37,38)21-25(18-22-12-6-3-7-13-22)28(33)31-26(29(34)35)19-23-14-8-4-9-15-23/h3-17,25-27H,2,18-21H2,1H3,(H,31,33)(H,32,36)(H,34,35)(H,37,38)/t25?,26-,27?/m0/s1. The van der Waals surface area contributed by atoms with Gasteiger partial charge < -0.3 is 25.4 Å². The number of carboxylic acid groups (broad SMARTS) is 1. The summed E-state index contributed by atoms with van der Waals surface area (Å²) in [6, 6.07) is 25.7. The molecule has 3 unspecified atom stereocenters. The van der Waals surface area contributed by atoms with Crippen molar-refractivity contribution in [3.8, 4) is 0 Å². The molecule has 2 amide bonds. The van der Waals surface area contributed by atoms with E-state index in [1.165, 1.54) is 0 Å². The maximum Gasteiger partial charge on any atom is 0.408 e. The molecule has 9 nitrogen and oxygen atoms in total. The SMILES string of the molecule is CCC(NC(=O)OCc1ccccc1)P(=O)(O)CC(Cc1ccccc1)C(=O)N[C@@H](Cc1ccccc1)C(=O)O. The number of hydrogen-bond acceptors (Lipinski definition) is 5. The molecule has 3 aromatic carbocycles. The maximum atomic E-state index is 13.6. The minimum absolute atomic E-state index is 0.00410. The van der Waals surface area contributed by atoms with Gasteiger partial charge in [-0.2, -0.15) is 0 Å². The van der Waals surface area contributed by atoms with E-state index < -0.39 is 49.2 Å². The van der Waals surface area contributed by atoms with Gasteiger partial charge in [0.05, 0.1) is 5.92 Å². The third kappa shape index (κ3) is 9.67. The molecule has 0 radical (unpaired) electrons. The number of carbonyl (C=O) groups excluding carboxylic acids is 2. The quantitative estimate of drug-likeness (QED) is 0.209. The van der Waals surface area contributed by atoms with E-state index in [1.54, 1.807) is 79.7 Å². The number of carbonyl (C=O) groups is 3. The molecule has 0 spiro atoms. The van der Waals surface area contributed by atoms with Gasteiger partial charge in [-0.1, -0.05) is 97.9 Å². The van der Waals surface area contributed by atoms with Crippen molar-refractivity contribution in [1.82, 2.24) is 10.6 Å². The molecule has 3 rings (SSSR count). The highest BCUT2D eigenvalue weighted by atomic mass is 31.2. The predicted molar refractivity (Wildman–Crippen MR) is 152 cm³/mol. The third-order valence-corrected chi connectivity index (χ3v) is 8.88. The van der Waals surface area contributed by atoms with Crippen LogP contribution in [0.5, 0.6) is 0 Å². The average molecular weight is 567 g/mol. The fourth-order valence-electron chi connectivity index (χ4n) is 4.31. The Balaban J connectivity index is 1.73. The fourth-order valence-corrected chi connectivity index (χ4v) is 6.37. The normalized spacial score (nSPS) is 14.7. The van der Waals surface area contributed by atoms with Crippen LogP contribution < -0.4 is 10.6 Å². The third-order valence-electron chi connectivity index (χ3n) is 6.45. The van der Waals surface area contributed by atoms with Gasteiger partial charge in [0, 0.05) is 12.6 Å². The molecule has 0 heterocycles. The molecular formula is C30H35N2O7P. The van der Waals surface area contributed by atoms with Gasteiger partial charge >= 0.3 is 12.1 Å². The van der Waals surface area contributed by atoms with Gasteiger partial charge in [-0.3, -0.25) is 9.36 Å². The van der Waals surface area contributed by atoms with Gasteiger partial charge in [0.15, 0.2) is 0 Å². The van der Waals surface area contributed by atoms with Crippen molar-refractivity contribution >= 4 is 25.3 Å². The Kier molecular flexibility index (Phi) is 11.5. The van der Waals surface area contributed by atoms with Crippen molar-refractivity contribution in [1.29, 1.82) is 0 Å². The number of hydrogen-bond donors (Lipinski definition) is 4. The molecule has 0 aliphatic carbocycles. The van der Waals surface area contributed by atoms with Crippen LogP contribution in [0.1, 0.15) is 30.0 Å². The van der Waals surface area contributed by atoms with Crippen molar-refractivity contribution in [3.05, 3.63) is 108 Å². The van der Waals surface area contributed by atoms with Crippen LogP contribution in [-0.2, 0) is 38.3 Å². The zero-order valence-corrected chi connectivity index (χ0v) is 23.2. The van der Waals surface area contributed by atoms with Crippen molar-refractivity contribution in [2.75, 3.05) is 6.16 Å².